The summed E-state index contributed by atoms with van der Waals surface area (Å²) in [4.78, 5) is 12.9. The van der Waals surface area contributed by atoms with Crippen LogP contribution in [0.2, 0.25) is 0 Å². The van der Waals surface area contributed by atoms with Gasteiger partial charge in [0.1, 0.15) is 11.9 Å². The summed E-state index contributed by atoms with van der Waals surface area (Å²) in [6.07, 6.45) is 0.547. The van der Waals surface area contributed by atoms with E-state index in [1.54, 1.807) is 17.0 Å². The van der Waals surface area contributed by atoms with E-state index in [-0.39, 0.29) is 12.2 Å². The van der Waals surface area contributed by atoms with Crippen molar-refractivity contribution in [2.75, 3.05) is 25.9 Å². The van der Waals surface area contributed by atoms with E-state index in [2.05, 4.69) is 4.74 Å². The first-order chi connectivity index (χ1) is 8.19. The quantitative estimate of drug-likeness (QED) is 0.790. The molecule has 1 aromatic carbocycles. The summed E-state index contributed by atoms with van der Waals surface area (Å²) in [6.45, 7) is 1.24. The van der Waals surface area contributed by atoms with E-state index in [9.17, 15) is 4.79 Å². The van der Waals surface area contributed by atoms with Crippen LogP contribution in [-0.2, 0) is 4.74 Å². The molecule has 1 atom stereocenters. The predicted molar refractivity (Wildman–Crippen MR) is 63.9 cm³/mol. The van der Waals surface area contributed by atoms with E-state index in [1.807, 2.05) is 12.1 Å². The lowest BCUT2D eigenvalue weighted by Gasteiger charge is -2.15. The third-order valence-electron chi connectivity index (χ3n) is 2.76. The fourth-order valence-electron chi connectivity index (χ4n) is 1.86. The van der Waals surface area contributed by atoms with Crippen molar-refractivity contribution in [3.8, 4) is 5.75 Å². The highest BCUT2D eigenvalue weighted by atomic mass is 16.5. The van der Waals surface area contributed by atoms with E-state index in [4.69, 9.17) is 10.5 Å². The monoisotopic (exact) mass is 236 g/mol. The van der Waals surface area contributed by atoms with Gasteiger partial charge < -0.3 is 20.1 Å². The second kappa shape index (κ2) is 4.95. The number of hydrogen-bond acceptors (Lipinski definition) is 4. The van der Waals surface area contributed by atoms with Gasteiger partial charge in [-0.15, -0.1) is 0 Å². The zero-order valence-electron chi connectivity index (χ0n) is 9.76. The summed E-state index contributed by atoms with van der Waals surface area (Å²) in [5, 5.41) is 0. The van der Waals surface area contributed by atoms with Crippen LogP contribution in [0.5, 0.6) is 5.75 Å². The van der Waals surface area contributed by atoms with Gasteiger partial charge in [-0.2, -0.15) is 0 Å². The molecule has 1 aromatic rings. The average Bonchev–Trinajstić information content (AvgIpc) is 2.80. The molecule has 0 saturated carbocycles. The maximum absolute atomic E-state index is 11.3. The van der Waals surface area contributed by atoms with E-state index in [0.717, 1.165) is 12.2 Å². The Bertz CT molecular complexity index is 391. The molecule has 0 bridgehead atoms. The number of anilines is 1. The largest absolute Gasteiger partial charge is 0.489 e. The molecule has 2 N–H and O–H groups in total. The standard InChI is InChI=1S/C12H16N2O3/c1-16-12(15)14-7-6-11(8-14)17-10-4-2-9(13)3-5-10/h2-5,11H,6-8,13H2,1H3. The summed E-state index contributed by atoms with van der Waals surface area (Å²) in [5.74, 6) is 0.774. The van der Waals surface area contributed by atoms with Crippen molar-refractivity contribution in [2.45, 2.75) is 12.5 Å². The summed E-state index contributed by atoms with van der Waals surface area (Å²) in [6, 6.07) is 7.25. The number of nitrogens with zero attached hydrogens (tertiary/aromatic N) is 1. The van der Waals surface area contributed by atoms with Crippen molar-refractivity contribution < 1.29 is 14.3 Å². The zero-order chi connectivity index (χ0) is 12.3. The lowest BCUT2D eigenvalue weighted by atomic mass is 10.3. The van der Waals surface area contributed by atoms with Crippen LogP contribution >= 0.6 is 0 Å². The van der Waals surface area contributed by atoms with Gasteiger partial charge in [0.15, 0.2) is 0 Å². The minimum Gasteiger partial charge on any atom is -0.489 e. The fraction of sp³-hybridized carbons (Fsp3) is 0.417. The van der Waals surface area contributed by atoms with Crippen molar-refractivity contribution in [1.29, 1.82) is 0 Å². The van der Waals surface area contributed by atoms with Crippen LogP contribution in [0.4, 0.5) is 10.5 Å². The van der Waals surface area contributed by atoms with Gasteiger partial charge in [0, 0.05) is 18.7 Å². The van der Waals surface area contributed by atoms with Gasteiger partial charge in [0.05, 0.1) is 13.7 Å². The first-order valence-corrected chi connectivity index (χ1v) is 5.54. The van der Waals surface area contributed by atoms with Crippen LogP contribution in [0.3, 0.4) is 0 Å². The number of benzene rings is 1. The summed E-state index contributed by atoms with van der Waals surface area (Å²) in [5.41, 5.74) is 6.30. The number of carbonyl (C=O) groups excluding carboxylic acids is 1. The number of nitrogen functional groups attached to an aromatic ring is 1. The highest BCUT2D eigenvalue weighted by Crippen LogP contribution is 2.19. The molecular weight excluding hydrogens is 220 g/mol. The molecule has 0 spiro atoms. The highest BCUT2D eigenvalue weighted by molar-refractivity contribution is 5.67. The summed E-state index contributed by atoms with van der Waals surface area (Å²) in [7, 11) is 1.39. The first-order valence-electron chi connectivity index (χ1n) is 5.54. The SMILES string of the molecule is COC(=O)N1CCC(Oc2ccc(N)cc2)C1. The number of amides is 1. The molecule has 17 heavy (non-hydrogen) atoms. The van der Waals surface area contributed by atoms with Gasteiger partial charge in [-0.1, -0.05) is 0 Å². The maximum Gasteiger partial charge on any atom is 0.409 e. The number of methoxy groups -OCH3 is 1. The second-order valence-electron chi connectivity index (χ2n) is 4.01. The minimum absolute atomic E-state index is 0.0257. The number of hydrogen-bond donors (Lipinski definition) is 1. The number of ether oxygens (including phenoxy) is 2. The van der Waals surface area contributed by atoms with Crippen molar-refractivity contribution >= 4 is 11.8 Å². The molecule has 1 fully saturated rings. The molecule has 2 rings (SSSR count). The molecule has 5 nitrogen and oxygen atoms in total. The van der Waals surface area contributed by atoms with Crippen LogP contribution in [-0.4, -0.2) is 37.3 Å². The van der Waals surface area contributed by atoms with Crippen LogP contribution < -0.4 is 10.5 Å². The number of nitrogens with two attached hydrogens (primary N) is 1. The van der Waals surface area contributed by atoms with Crippen molar-refractivity contribution in [1.82, 2.24) is 4.90 Å². The van der Waals surface area contributed by atoms with Gasteiger partial charge in [-0.05, 0) is 24.3 Å². The van der Waals surface area contributed by atoms with Gasteiger partial charge in [0.25, 0.3) is 0 Å². The average molecular weight is 236 g/mol. The third-order valence-corrected chi connectivity index (χ3v) is 2.76. The zero-order valence-corrected chi connectivity index (χ0v) is 9.76. The normalized spacial score (nSPS) is 19.1. The first kappa shape index (κ1) is 11.6. The third kappa shape index (κ3) is 2.81. The van der Waals surface area contributed by atoms with Gasteiger partial charge in [0.2, 0.25) is 0 Å². The van der Waals surface area contributed by atoms with Crippen molar-refractivity contribution in [2.24, 2.45) is 0 Å². The molecular formula is C12H16N2O3. The predicted octanol–water partition coefficient (Wildman–Crippen LogP) is 1.49. The molecule has 1 amide bonds. The molecule has 1 unspecified atom stereocenters. The van der Waals surface area contributed by atoms with E-state index < -0.39 is 0 Å². The molecule has 0 radical (unpaired) electrons. The highest BCUT2D eigenvalue weighted by Gasteiger charge is 2.27. The van der Waals surface area contributed by atoms with Crippen molar-refractivity contribution in [3.63, 3.8) is 0 Å². The van der Waals surface area contributed by atoms with Crippen LogP contribution in [0.15, 0.2) is 24.3 Å². The summed E-state index contributed by atoms with van der Waals surface area (Å²) < 4.78 is 10.4. The fourth-order valence-corrected chi connectivity index (χ4v) is 1.86. The maximum atomic E-state index is 11.3. The second-order valence-corrected chi connectivity index (χ2v) is 4.01. The smallest absolute Gasteiger partial charge is 0.409 e. The molecule has 1 aliphatic heterocycles. The Morgan fingerprint density at radius 2 is 2.12 bits per heavy atom. The molecule has 5 heteroatoms. The minimum atomic E-state index is -0.298. The Morgan fingerprint density at radius 1 is 1.41 bits per heavy atom. The molecule has 0 aromatic heterocycles. The van der Waals surface area contributed by atoms with E-state index in [1.165, 1.54) is 7.11 Å². The Balaban J connectivity index is 1.89. The number of rotatable bonds is 2. The Kier molecular flexibility index (Phi) is 3.37. The number of carbonyl (C=O) groups is 1. The van der Waals surface area contributed by atoms with Crippen molar-refractivity contribution in [3.05, 3.63) is 24.3 Å². The Hall–Kier alpha value is -1.91. The van der Waals surface area contributed by atoms with Crippen LogP contribution in [0, 0.1) is 0 Å². The lowest BCUT2D eigenvalue weighted by molar-refractivity contribution is 0.125. The van der Waals surface area contributed by atoms with Crippen LogP contribution in [0.1, 0.15) is 6.42 Å². The molecule has 1 saturated heterocycles. The summed E-state index contributed by atoms with van der Waals surface area (Å²) >= 11 is 0. The Labute approximate surface area is 100 Å². The van der Waals surface area contributed by atoms with Crippen LogP contribution in [0.25, 0.3) is 0 Å². The Morgan fingerprint density at radius 3 is 2.76 bits per heavy atom. The number of likely N-dealkylation sites (tertiary alicyclic amines) is 1. The molecule has 1 aliphatic rings. The lowest BCUT2D eigenvalue weighted by Crippen LogP contribution is -2.30. The van der Waals surface area contributed by atoms with Gasteiger partial charge >= 0.3 is 6.09 Å². The topological polar surface area (TPSA) is 64.8 Å². The molecule has 1 heterocycles. The van der Waals surface area contributed by atoms with Gasteiger partial charge in [-0.3, -0.25) is 0 Å². The molecule has 0 aliphatic carbocycles. The van der Waals surface area contributed by atoms with Gasteiger partial charge in [-0.25, -0.2) is 4.79 Å². The van der Waals surface area contributed by atoms with E-state index >= 15 is 0 Å². The van der Waals surface area contributed by atoms with E-state index in [0.29, 0.717) is 18.8 Å². The molecule has 92 valence electrons.